The van der Waals surface area contributed by atoms with E-state index in [-0.39, 0.29) is 0 Å². The van der Waals surface area contributed by atoms with Crippen LogP contribution in [0.15, 0.2) is 54.9 Å². The Morgan fingerprint density at radius 2 is 1.86 bits per heavy atom. The molecule has 0 bridgehead atoms. The monoisotopic (exact) mass is 287 g/mol. The lowest BCUT2D eigenvalue weighted by molar-refractivity contribution is 0.718. The zero-order valence-corrected chi connectivity index (χ0v) is 12.2. The molecule has 0 saturated heterocycles. The summed E-state index contributed by atoms with van der Waals surface area (Å²) in [6, 6.07) is 17.1. The second-order valence-corrected chi connectivity index (χ2v) is 6.38. The van der Waals surface area contributed by atoms with Crippen molar-refractivity contribution >= 4 is 16.7 Å². The van der Waals surface area contributed by atoms with E-state index in [9.17, 15) is 0 Å². The molecule has 1 fully saturated rings. The zero-order chi connectivity index (χ0) is 14.5. The fourth-order valence-electron chi connectivity index (χ4n) is 4.12. The summed E-state index contributed by atoms with van der Waals surface area (Å²) in [6.45, 7) is 1.00. The fraction of sp³-hybridized carbons (Fsp3) is 0.263. The van der Waals surface area contributed by atoms with Crippen molar-refractivity contribution in [2.45, 2.75) is 12.3 Å². The standard InChI is InChI=1S/C19H17N3/c1-2-6-13-12(5-1)9-15-16(18(13)15)10-20-19-14-7-3-4-8-17(14)21-11-22-19/h1-8,11,15-16,18H,9-10H2,(H,20,21,22). The molecule has 3 unspecified atom stereocenters. The van der Waals surface area contributed by atoms with Gasteiger partial charge in [0.2, 0.25) is 0 Å². The van der Waals surface area contributed by atoms with Crippen molar-refractivity contribution < 1.29 is 0 Å². The minimum absolute atomic E-state index is 0.753. The number of hydrogen-bond donors (Lipinski definition) is 1. The van der Waals surface area contributed by atoms with Crippen LogP contribution in [0.3, 0.4) is 0 Å². The summed E-state index contributed by atoms with van der Waals surface area (Å²) in [4.78, 5) is 8.74. The van der Waals surface area contributed by atoms with Crippen molar-refractivity contribution in [3.8, 4) is 0 Å². The summed E-state index contributed by atoms with van der Waals surface area (Å²) >= 11 is 0. The molecule has 3 nitrogen and oxygen atoms in total. The molecule has 2 aliphatic carbocycles. The molecule has 2 aliphatic rings. The second kappa shape index (κ2) is 4.54. The summed E-state index contributed by atoms with van der Waals surface area (Å²) in [7, 11) is 0. The van der Waals surface area contributed by atoms with Crippen molar-refractivity contribution in [1.82, 2.24) is 9.97 Å². The SMILES string of the molecule is c1ccc2c(c1)CC1C(CNc3ncnc4ccccc34)C21. The van der Waals surface area contributed by atoms with Crippen molar-refractivity contribution in [2.75, 3.05) is 11.9 Å². The van der Waals surface area contributed by atoms with Gasteiger partial charge in [-0.15, -0.1) is 0 Å². The summed E-state index contributed by atoms with van der Waals surface area (Å²) < 4.78 is 0. The number of fused-ring (bicyclic) bond motifs is 4. The third-order valence-electron chi connectivity index (χ3n) is 5.25. The van der Waals surface area contributed by atoms with Crippen molar-refractivity contribution in [3.05, 3.63) is 66.0 Å². The largest absolute Gasteiger partial charge is 0.369 e. The smallest absolute Gasteiger partial charge is 0.137 e. The summed E-state index contributed by atoms with van der Waals surface area (Å²) in [6.07, 6.45) is 2.89. The van der Waals surface area contributed by atoms with Gasteiger partial charge in [0.15, 0.2) is 0 Å². The van der Waals surface area contributed by atoms with Gasteiger partial charge < -0.3 is 5.32 Å². The van der Waals surface area contributed by atoms with Crippen LogP contribution in [0, 0.1) is 11.8 Å². The van der Waals surface area contributed by atoms with E-state index in [2.05, 4.69) is 45.6 Å². The minimum atomic E-state index is 0.753. The van der Waals surface area contributed by atoms with Gasteiger partial charge in [-0.1, -0.05) is 36.4 Å². The molecule has 1 saturated carbocycles. The van der Waals surface area contributed by atoms with Crippen LogP contribution in [0.4, 0.5) is 5.82 Å². The van der Waals surface area contributed by atoms with E-state index in [1.807, 2.05) is 18.2 Å². The number of nitrogens with one attached hydrogen (secondary N) is 1. The molecule has 1 heterocycles. The average molecular weight is 287 g/mol. The maximum absolute atomic E-state index is 4.42. The van der Waals surface area contributed by atoms with E-state index in [4.69, 9.17) is 0 Å². The first-order valence-electron chi connectivity index (χ1n) is 7.93. The van der Waals surface area contributed by atoms with Gasteiger partial charge in [0.1, 0.15) is 12.1 Å². The van der Waals surface area contributed by atoms with Crippen LogP contribution in [-0.4, -0.2) is 16.5 Å². The lowest BCUT2D eigenvalue weighted by Crippen LogP contribution is -2.09. The van der Waals surface area contributed by atoms with Gasteiger partial charge >= 0.3 is 0 Å². The highest BCUT2D eigenvalue weighted by Crippen LogP contribution is 2.61. The normalized spacial score (nSPS) is 24.8. The molecular formula is C19H17N3. The minimum Gasteiger partial charge on any atom is -0.369 e. The van der Waals surface area contributed by atoms with E-state index in [1.54, 1.807) is 17.5 Å². The quantitative estimate of drug-likeness (QED) is 0.799. The fourth-order valence-corrected chi connectivity index (χ4v) is 4.12. The Morgan fingerprint density at radius 3 is 2.86 bits per heavy atom. The summed E-state index contributed by atoms with van der Waals surface area (Å²) in [5.74, 6) is 3.31. The van der Waals surface area contributed by atoms with Crippen LogP contribution >= 0.6 is 0 Å². The number of benzene rings is 2. The molecule has 3 heteroatoms. The van der Waals surface area contributed by atoms with Gasteiger partial charge in [0, 0.05) is 11.9 Å². The van der Waals surface area contributed by atoms with E-state index < -0.39 is 0 Å². The molecular weight excluding hydrogens is 270 g/mol. The van der Waals surface area contributed by atoms with Gasteiger partial charge in [-0.05, 0) is 47.4 Å². The Balaban J connectivity index is 1.35. The van der Waals surface area contributed by atoms with Crippen molar-refractivity contribution in [3.63, 3.8) is 0 Å². The van der Waals surface area contributed by atoms with Gasteiger partial charge in [-0.2, -0.15) is 0 Å². The van der Waals surface area contributed by atoms with Gasteiger partial charge in [-0.3, -0.25) is 0 Å². The van der Waals surface area contributed by atoms with Gasteiger partial charge in [0.05, 0.1) is 5.52 Å². The number of hydrogen-bond acceptors (Lipinski definition) is 3. The predicted octanol–water partition coefficient (Wildman–Crippen LogP) is 3.63. The van der Waals surface area contributed by atoms with Crippen LogP contribution in [0.1, 0.15) is 17.0 Å². The first-order chi connectivity index (χ1) is 10.9. The van der Waals surface area contributed by atoms with Crippen LogP contribution in [0.2, 0.25) is 0 Å². The number of nitrogens with zero attached hydrogens (tertiary/aromatic N) is 2. The molecule has 0 aliphatic heterocycles. The second-order valence-electron chi connectivity index (χ2n) is 6.38. The molecule has 1 N–H and O–H groups in total. The van der Waals surface area contributed by atoms with E-state index in [0.717, 1.165) is 41.0 Å². The van der Waals surface area contributed by atoms with E-state index in [0.29, 0.717) is 0 Å². The van der Waals surface area contributed by atoms with Crippen LogP contribution in [0.25, 0.3) is 10.9 Å². The lowest BCUT2D eigenvalue weighted by atomic mass is 10.0. The Hall–Kier alpha value is -2.42. The maximum atomic E-state index is 4.42. The van der Waals surface area contributed by atoms with Crippen LogP contribution < -0.4 is 5.32 Å². The van der Waals surface area contributed by atoms with E-state index in [1.165, 1.54) is 6.42 Å². The van der Waals surface area contributed by atoms with Gasteiger partial charge in [-0.25, -0.2) is 9.97 Å². The molecule has 0 spiro atoms. The highest BCUT2D eigenvalue weighted by atomic mass is 15.0. The van der Waals surface area contributed by atoms with E-state index >= 15 is 0 Å². The van der Waals surface area contributed by atoms with Crippen molar-refractivity contribution in [2.24, 2.45) is 11.8 Å². The molecule has 22 heavy (non-hydrogen) atoms. The Morgan fingerprint density at radius 1 is 1.00 bits per heavy atom. The third kappa shape index (κ3) is 1.75. The Bertz CT molecular complexity index is 853. The topological polar surface area (TPSA) is 37.8 Å². The average Bonchev–Trinajstić information content (AvgIpc) is 3.11. The molecule has 0 amide bonds. The maximum Gasteiger partial charge on any atom is 0.137 e. The molecule has 2 aromatic carbocycles. The molecule has 1 aromatic heterocycles. The highest BCUT2D eigenvalue weighted by molar-refractivity contribution is 5.88. The molecule has 5 rings (SSSR count). The number of aromatic nitrogens is 2. The molecule has 3 aromatic rings. The van der Waals surface area contributed by atoms with Crippen molar-refractivity contribution in [1.29, 1.82) is 0 Å². The first kappa shape index (κ1) is 12.2. The zero-order valence-electron chi connectivity index (χ0n) is 12.2. The summed E-state index contributed by atoms with van der Waals surface area (Å²) in [5, 5.41) is 4.67. The molecule has 0 radical (unpaired) electrons. The molecule has 108 valence electrons. The lowest BCUT2D eigenvalue weighted by Gasteiger charge is -2.10. The highest BCUT2D eigenvalue weighted by Gasteiger charge is 2.54. The predicted molar refractivity (Wildman–Crippen MR) is 87.9 cm³/mol. The van der Waals surface area contributed by atoms with Crippen LogP contribution in [0.5, 0.6) is 0 Å². The number of anilines is 1. The third-order valence-corrected chi connectivity index (χ3v) is 5.25. The Kier molecular flexibility index (Phi) is 2.51. The summed E-state index contributed by atoms with van der Waals surface area (Å²) in [5.41, 5.74) is 4.13. The molecule has 3 atom stereocenters. The van der Waals surface area contributed by atoms with Crippen LogP contribution in [-0.2, 0) is 6.42 Å². The number of para-hydroxylation sites is 1. The Labute approximate surface area is 129 Å². The van der Waals surface area contributed by atoms with Gasteiger partial charge in [0.25, 0.3) is 0 Å². The first-order valence-corrected chi connectivity index (χ1v) is 7.93. The number of rotatable bonds is 3.